The van der Waals surface area contributed by atoms with Crippen LogP contribution in [0.15, 0.2) is 103 Å². The Morgan fingerprint density at radius 2 is 1.12 bits per heavy atom. The van der Waals surface area contributed by atoms with Crippen LogP contribution < -0.4 is 10.8 Å². The molecule has 2 aliphatic heterocycles. The monoisotopic (exact) mass is 1430 g/mol. The number of nitrogens with zero attached hydrogens (tertiary/aromatic N) is 5. The first-order valence-corrected chi connectivity index (χ1v) is 35.0. The largest absolute Gasteiger partial charge is 0.488 e. The molecule has 4 unspecified atom stereocenters. The van der Waals surface area contributed by atoms with Crippen LogP contribution in [-0.2, 0) is 73.1 Å². The summed E-state index contributed by atoms with van der Waals surface area (Å²) in [4.78, 5) is 142. The number of alkyl halides is 6. The van der Waals surface area contributed by atoms with Gasteiger partial charge in [-0.25, -0.2) is 4.79 Å². The third-order valence-corrected chi connectivity index (χ3v) is 19.6. The summed E-state index contributed by atoms with van der Waals surface area (Å²) in [5.41, 5.74) is -2.19. The van der Waals surface area contributed by atoms with Crippen molar-refractivity contribution in [3.05, 3.63) is 125 Å². The van der Waals surface area contributed by atoms with Gasteiger partial charge >= 0.3 is 25.4 Å². The molecule has 0 aromatic heterocycles. The van der Waals surface area contributed by atoms with E-state index >= 15 is 28.8 Å². The Labute approximate surface area is 596 Å². The molecule has 19 nitrogen and oxygen atoms in total. The van der Waals surface area contributed by atoms with Gasteiger partial charge in [0.05, 0.1) is 28.8 Å². The lowest BCUT2D eigenvalue weighted by atomic mass is 9.79. The lowest BCUT2D eigenvalue weighted by molar-refractivity contribution is -0.178. The standard InChI is InChI=1S/C69H97F3N6O11.C7H6BF3O2/c1-17-43(9)51-39-55(79)53-31-24-32-78(53)65(85)54(36-46-27-22-28-47(34-46)48-29-23-30-50(37-48)69(70,71)72)74(13)64(84)52(35-45-25-20-19-21-26-45)73-61(81)58(42(7)8)76(15)66(86)59(44(10)18-2)89-67(87)60(68(11,12)88)77(16)62(82)49(33-40(3)4)38-56(80)57(41(5)6)75(14)63(51)83;9-7(10,11)5-2-1-3-6(4-5)8(12)13/h19-23,25-30,34,37,40-44,49,51-54,57-60,88H,17-18,24,31-33,35-36,38-39H2,1-16H3,(H,73,81);1-4,12-13H/t43?,44?,49-,51+,52+,53?,54?,57+,58+,59-,60-;/m1./s1. The predicted molar refractivity (Wildman–Crippen MR) is 375 cm³/mol. The minimum atomic E-state index is -4.63. The van der Waals surface area contributed by atoms with E-state index in [1.807, 2.05) is 27.7 Å². The normalized spacial score (nSPS) is 23.5. The highest BCUT2D eigenvalue weighted by atomic mass is 19.4. The Hall–Kier alpha value is -7.97. The fraction of sp³-hybridized carbons (Fsp3) is 0.566. The first-order chi connectivity index (χ1) is 47.5. The maximum atomic E-state index is 15.7. The summed E-state index contributed by atoms with van der Waals surface area (Å²) in [5.74, 6) is -10.5. The molecule has 4 aromatic carbocycles. The van der Waals surface area contributed by atoms with Crippen LogP contribution in [0.5, 0.6) is 0 Å². The molecular weight excluding hydrogens is 1330 g/mol. The van der Waals surface area contributed by atoms with E-state index in [2.05, 4.69) is 5.32 Å². The van der Waals surface area contributed by atoms with Gasteiger partial charge in [0, 0.05) is 78.2 Å². The van der Waals surface area contributed by atoms with Crippen molar-refractivity contribution in [3.63, 3.8) is 0 Å². The summed E-state index contributed by atoms with van der Waals surface area (Å²) in [7, 11) is 3.74. The number of esters is 1. The minimum absolute atomic E-state index is 0.0966. The molecule has 6 amide bonds. The Kier molecular flexibility index (Phi) is 30.3. The molecule has 4 N–H and O–H groups in total. The molecule has 0 bridgehead atoms. The molecule has 4 aromatic rings. The van der Waals surface area contributed by atoms with E-state index < -0.39 is 167 Å². The number of Topliss-reactive ketones (excluding diaryl/α,β-unsaturated/α-hetero) is 2. The second-order valence-corrected chi connectivity index (χ2v) is 29.1. The van der Waals surface area contributed by atoms with Gasteiger partial charge in [-0.05, 0) is 103 Å². The molecular formula is C76H103BF6N6O13. The van der Waals surface area contributed by atoms with E-state index in [4.69, 9.17) is 14.8 Å². The average Bonchev–Trinajstić information content (AvgIpc) is 1.15. The zero-order chi connectivity index (χ0) is 76.8. The lowest BCUT2D eigenvalue weighted by Crippen LogP contribution is -2.61. The van der Waals surface area contributed by atoms with Crippen LogP contribution in [0.1, 0.15) is 150 Å². The fourth-order valence-electron chi connectivity index (χ4n) is 13.7. The number of amides is 6. The number of nitrogens with one attached hydrogen (secondary N) is 1. The highest BCUT2D eigenvalue weighted by molar-refractivity contribution is 6.58. The smallest absolute Gasteiger partial charge is 0.450 e. The van der Waals surface area contributed by atoms with Gasteiger partial charge in [-0.15, -0.1) is 0 Å². The van der Waals surface area contributed by atoms with Crippen LogP contribution in [-0.4, -0.2) is 182 Å². The molecule has 102 heavy (non-hydrogen) atoms. The number of carbonyl (C=O) groups excluding carboxylic acids is 9. The van der Waals surface area contributed by atoms with Crippen molar-refractivity contribution in [3.8, 4) is 11.1 Å². The van der Waals surface area contributed by atoms with Crippen molar-refractivity contribution in [2.75, 3.05) is 34.7 Å². The summed E-state index contributed by atoms with van der Waals surface area (Å²) in [6, 6.07) is 16.1. The van der Waals surface area contributed by atoms with E-state index in [1.165, 1.54) is 74.9 Å². The third kappa shape index (κ3) is 22.0. The molecule has 560 valence electrons. The number of hydrogen-bond acceptors (Lipinski definition) is 13. The molecule has 2 heterocycles. The lowest BCUT2D eigenvalue weighted by Gasteiger charge is -2.39. The van der Waals surface area contributed by atoms with Crippen molar-refractivity contribution in [1.82, 2.24) is 29.8 Å². The molecule has 6 rings (SSSR count). The predicted octanol–water partition coefficient (Wildman–Crippen LogP) is 9.62. The van der Waals surface area contributed by atoms with Crippen molar-refractivity contribution < 1.29 is 89.4 Å². The first-order valence-electron chi connectivity index (χ1n) is 35.0. The fourth-order valence-corrected chi connectivity index (χ4v) is 13.7. The number of likely N-dealkylation sites (N-methyl/N-ethyl adjacent to an activating group) is 4. The number of benzene rings is 4. The number of ether oxygens (including phenoxy) is 1. The van der Waals surface area contributed by atoms with E-state index in [9.17, 15) is 45.8 Å². The summed E-state index contributed by atoms with van der Waals surface area (Å²) in [6.07, 6.45) is -10.1. The van der Waals surface area contributed by atoms with Crippen LogP contribution in [0.4, 0.5) is 26.3 Å². The Morgan fingerprint density at radius 3 is 1.66 bits per heavy atom. The molecule has 0 saturated carbocycles. The molecule has 2 aliphatic rings. The van der Waals surface area contributed by atoms with Crippen molar-refractivity contribution in [2.24, 2.45) is 41.4 Å². The zero-order valence-electron chi connectivity index (χ0n) is 61.5. The molecule has 11 atom stereocenters. The van der Waals surface area contributed by atoms with E-state index in [0.717, 1.165) is 34.1 Å². The number of halogens is 6. The molecule has 2 fully saturated rings. The number of carbonyl (C=O) groups is 9. The number of hydrogen-bond donors (Lipinski definition) is 4. The van der Waals surface area contributed by atoms with Gasteiger partial charge in [0.25, 0.3) is 5.91 Å². The average molecular weight is 1430 g/mol. The first kappa shape index (κ1) is 84.7. The van der Waals surface area contributed by atoms with Crippen LogP contribution in [0.2, 0.25) is 0 Å². The van der Waals surface area contributed by atoms with Gasteiger partial charge in [-0.3, -0.25) is 38.4 Å². The number of cyclic esters (lactones) is 1. The molecule has 2 saturated heterocycles. The number of fused-ring (bicyclic) bond motifs is 1. The Balaban J connectivity index is 0.00000129. The molecule has 0 aliphatic carbocycles. The van der Waals surface area contributed by atoms with Gasteiger partial charge in [0.1, 0.15) is 18.1 Å². The highest BCUT2D eigenvalue weighted by Gasteiger charge is 2.48. The Bertz CT molecular complexity index is 3550. The SMILES string of the molecule is CCC(C)[C@@H]1CC(=O)C2CCCN2C(=O)C(Cc2cccc(-c3cccc(C(F)(F)F)c3)c2)N(C)C(=O)[C@H](Cc2ccccc2)NC(=O)[C@H](C(C)C)N(C)C(=O)[C@@H](C(C)CC)OC(=O)[C@H](C(C)(C)O)N(C)C(=O)[C@H](CC(C)C)CC(=O)[C@H](C(C)C)N(C)C1=O.OB(O)c1cccc(C(F)(F)F)c1. The van der Waals surface area contributed by atoms with E-state index in [-0.39, 0.29) is 62.0 Å². The van der Waals surface area contributed by atoms with Gasteiger partial charge in [0.2, 0.25) is 29.5 Å². The quantitative estimate of drug-likeness (QED) is 0.0492. The zero-order valence-corrected chi connectivity index (χ0v) is 61.5. The van der Waals surface area contributed by atoms with Crippen LogP contribution in [0.3, 0.4) is 0 Å². The maximum absolute atomic E-state index is 15.7. The van der Waals surface area contributed by atoms with Crippen molar-refractivity contribution >= 4 is 65.6 Å². The van der Waals surface area contributed by atoms with Crippen molar-refractivity contribution in [1.29, 1.82) is 0 Å². The summed E-state index contributed by atoms with van der Waals surface area (Å²) in [6.45, 7) is 20.6. The van der Waals surface area contributed by atoms with Gasteiger partial charge in [-0.2, -0.15) is 26.3 Å². The van der Waals surface area contributed by atoms with Crippen LogP contribution in [0, 0.1) is 41.4 Å². The van der Waals surface area contributed by atoms with Gasteiger partial charge in [-0.1, -0.05) is 167 Å². The Morgan fingerprint density at radius 1 is 0.578 bits per heavy atom. The van der Waals surface area contributed by atoms with Crippen molar-refractivity contribution in [2.45, 2.75) is 201 Å². The molecule has 26 heteroatoms. The van der Waals surface area contributed by atoms with E-state index in [0.29, 0.717) is 42.0 Å². The van der Waals surface area contributed by atoms with Gasteiger partial charge in [0.15, 0.2) is 23.7 Å². The number of rotatable bonds is 15. The molecule has 0 spiro atoms. The number of ketones is 2. The number of aliphatic hydroxyl groups is 1. The molecule has 0 radical (unpaired) electrons. The van der Waals surface area contributed by atoms with Gasteiger partial charge < -0.3 is 49.7 Å². The summed E-state index contributed by atoms with van der Waals surface area (Å²) >= 11 is 0. The van der Waals surface area contributed by atoms with Crippen LogP contribution in [0.25, 0.3) is 11.1 Å². The summed E-state index contributed by atoms with van der Waals surface area (Å²) < 4.78 is 84.4. The topological polar surface area (TPSA) is 252 Å². The minimum Gasteiger partial charge on any atom is -0.450 e. The van der Waals surface area contributed by atoms with Crippen LogP contribution >= 0.6 is 0 Å². The van der Waals surface area contributed by atoms with E-state index in [1.54, 1.807) is 96.1 Å². The highest BCUT2D eigenvalue weighted by Crippen LogP contribution is 2.36. The maximum Gasteiger partial charge on any atom is 0.488 e. The summed E-state index contributed by atoms with van der Waals surface area (Å²) in [5, 5.41) is 31.9. The third-order valence-electron chi connectivity index (χ3n) is 19.6. The second-order valence-electron chi connectivity index (χ2n) is 29.1. The second kappa shape index (κ2) is 36.5.